The SMILES string of the molecule is COc1cc2c(cc1OC)C1=NC(=O)CN1C(SCCC(F)=C(F)F)=N2. The molecule has 138 valence electrons. The van der Waals surface area contributed by atoms with Gasteiger partial charge in [0.25, 0.3) is 5.91 Å². The molecule has 10 heteroatoms. The molecule has 0 N–H and O–H groups in total. The Morgan fingerprint density at radius 3 is 2.54 bits per heavy atom. The first-order chi connectivity index (χ1) is 12.4. The van der Waals surface area contributed by atoms with Crippen molar-refractivity contribution in [2.45, 2.75) is 6.42 Å². The van der Waals surface area contributed by atoms with E-state index in [-0.39, 0.29) is 18.2 Å². The number of fused-ring (bicyclic) bond motifs is 3. The molecule has 3 rings (SSSR count). The van der Waals surface area contributed by atoms with Gasteiger partial charge < -0.3 is 9.47 Å². The lowest BCUT2D eigenvalue weighted by molar-refractivity contribution is -0.116. The van der Waals surface area contributed by atoms with E-state index >= 15 is 0 Å². The number of rotatable bonds is 5. The van der Waals surface area contributed by atoms with E-state index in [0.29, 0.717) is 33.8 Å². The Morgan fingerprint density at radius 2 is 1.88 bits per heavy atom. The van der Waals surface area contributed by atoms with E-state index in [1.165, 1.54) is 14.2 Å². The molecule has 0 unspecified atom stereocenters. The molecule has 0 spiro atoms. The normalized spacial score (nSPS) is 15.1. The second-order valence-corrected chi connectivity index (χ2v) is 6.36. The number of allylic oxidation sites excluding steroid dienone is 1. The van der Waals surface area contributed by atoms with Crippen molar-refractivity contribution in [3.05, 3.63) is 29.6 Å². The minimum Gasteiger partial charge on any atom is -0.493 e. The number of thioether (sulfide) groups is 1. The molecule has 2 aliphatic rings. The third-order valence-corrected chi connectivity index (χ3v) is 4.71. The van der Waals surface area contributed by atoms with Crippen LogP contribution in [0, 0.1) is 0 Å². The van der Waals surface area contributed by atoms with Crippen LogP contribution >= 0.6 is 11.8 Å². The lowest BCUT2D eigenvalue weighted by Gasteiger charge is -2.26. The molecule has 0 aliphatic carbocycles. The highest BCUT2D eigenvalue weighted by atomic mass is 32.2. The fraction of sp³-hybridized carbons (Fsp3) is 0.312. The van der Waals surface area contributed by atoms with Gasteiger partial charge in [0.2, 0.25) is 0 Å². The zero-order valence-electron chi connectivity index (χ0n) is 13.9. The summed E-state index contributed by atoms with van der Waals surface area (Å²) < 4.78 is 47.9. The minimum atomic E-state index is -2.32. The number of ether oxygens (including phenoxy) is 2. The number of halogens is 3. The Hall–Kier alpha value is -2.49. The van der Waals surface area contributed by atoms with E-state index in [4.69, 9.17) is 9.47 Å². The molecule has 0 bridgehead atoms. The Labute approximate surface area is 151 Å². The summed E-state index contributed by atoms with van der Waals surface area (Å²) in [5.41, 5.74) is 1.10. The average Bonchev–Trinajstić information content (AvgIpc) is 3.02. The molecular weight excluding hydrogens is 371 g/mol. The van der Waals surface area contributed by atoms with Gasteiger partial charge in [-0.25, -0.2) is 9.38 Å². The third-order valence-electron chi connectivity index (χ3n) is 3.73. The maximum atomic E-state index is 13.0. The summed E-state index contributed by atoms with van der Waals surface area (Å²) in [4.78, 5) is 21.8. The standard InChI is InChI=1S/C16H14F3N3O3S/c1-24-11-5-8-10(6-12(11)25-2)20-16(22-7-13(23)21-15(8)22)26-4-3-9(17)14(18)19/h5-6H,3-4,7H2,1-2H3. The van der Waals surface area contributed by atoms with Crippen LogP contribution in [0.3, 0.4) is 0 Å². The van der Waals surface area contributed by atoms with Gasteiger partial charge in [0.1, 0.15) is 12.4 Å². The maximum Gasteiger partial charge on any atom is 0.301 e. The zero-order valence-corrected chi connectivity index (χ0v) is 14.7. The largest absolute Gasteiger partial charge is 0.493 e. The molecule has 1 aromatic carbocycles. The van der Waals surface area contributed by atoms with E-state index in [0.717, 1.165) is 11.8 Å². The predicted molar refractivity (Wildman–Crippen MR) is 92.3 cm³/mol. The summed E-state index contributed by atoms with van der Waals surface area (Å²) >= 11 is 1.07. The quantitative estimate of drug-likeness (QED) is 0.776. The second kappa shape index (κ2) is 7.40. The summed E-state index contributed by atoms with van der Waals surface area (Å²) in [6.45, 7) is -0.00918. The van der Waals surface area contributed by atoms with Crippen LogP contribution in [0.2, 0.25) is 0 Å². The van der Waals surface area contributed by atoms with Crippen molar-refractivity contribution >= 4 is 34.4 Å². The predicted octanol–water partition coefficient (Wildman–Crippen LogP) is 3.49. The van der Waals surface area contributed by atoms with Crippen LogP contribution < -0.4 is 9.47 Å². The number of hydrogen-bond acceptors (Lipinski definition) is 6. The van der Waals surface area contributed by atoms with E-state index in [1.54, 1.807) is 17.0 Å². The first kappa shape index (κ1) is 18.3. The molecule has 0 saturated heterocycles. The lowest BCUT2D eigenvalue weighted by atomic mass is 10.1. The molecule has 1 aromatic rings. The highest BCUT2D eigenvalue weighted by Gasteiger charge is 2.34. The first-order valence-electron chi connectivity index (χ1n) is 7.51. The minimum absolute atomic E-state index is 0.00918. The average molecular weight is 385 g/mol. The van der Waals surface area contributed by atoms with Gasteiger partial charge >= 0.3 is 6.08 Å². The Morgan fingerprint density at radius 1 is 1.19 bits per heavy atom. The fourth-order valence-electron chi connectivity index (χ4n) is 2.53. The molecule has 26 heavy (non-hydrogen) atoms. The number of aliphatic imine (C=N–C) groups is 2. The van der Waals surface area contributed by atoms with Crippen LogP contribution in [0.4, 0.5) is 18.9 Å². The van der Waals surface area contributed by atoms with E-state index < -0.39 is 18.3 Å². The highest BCUT2D eigenvalue weighted by Crippen LogP contribution is 2.40. The van der Waals surface area contributed by atoms with Crippen molar-refractivity contribution in [3.63, 3.8) is 0 Å². The van der Waals surface area contributed by atoms with E-state index in [1.807, 2.05) is 0 Å². The van der Waals surface area contributed by atoms with Gasteiger partial charge in [0, 0.05) is 23.8 Å². The van der Waals surface area contributed by atoms with Crippen molar-refractivity contribution in [2.75, 3.05) is 26.5 Å². The molecule has 0 saturated carbocycles. The Bertz CT molecular complexity index is 851. The number of nitrogens with zero attached hydrogens (tertiary/aromatic N) is 3. The summed E-state index contributed by atoms with van der Waals surface area (Å²) in [7, 11) is 2.97. The summed E-state index contributed by atoms with van der Waals surface area (Å²) in [5.74, 6) is -0.445. The molecule has 2 aliphatic heterocycles. The van der Waals surface area contributed by atoms with Gasteiger partial charge in [-0.3, -0.25) is 9.69 Å². The monoisotopic (exact) mass is 385 g/mol. The van der Waals surface area contributed by atoms with Crippen LogP contribution in [0.5, 0.6) is 11.5 Å². The number of amides is 1. The van der Waals surface area contributed by atoms with Crippen LogP contribution in [0.25, 0.3) is 0 Å². The number of carbonyl (C=O) groups is 1. The molecule has 1 amide bonds. The molecule has 0 atom stereocenters. The van der Waals surface area contributed by atoms with Crippen molar-refractivity contribution in [2.24, 2.45) is 9.98 Å². The first-order valence-corrected chi connectivity index (χ1v) is 8.49. The smallest absolute Gasteiger partial charge is 0.301 e. The van der Waals surface area contributed by atoms with Crippen LogP contribution in [0.15, 0.2) is 34.0 Å². The number of methoxy groups -OCH3 is 2. The summed E-state index contributed by atoms with van der Waals surface area (Å²) in [6.07, 6.45) is -2.75. The van der Waals surface area contributed by atoms with Crippen molar-refractivity contribution in [3.8, 4) is 11.5 Å². The van der Waals surface area contributed by atoms with Gasteiger partial charge in [-0.15, -0.1) is 0 Å². The van der Waals surface area contributed by atoms with Crippen molar-refractivity contribution < 1.29 is 27.4 Å². The van der Waals surface area contributed by atoms with Crippen LogP contribution in [-0.2, 0) is 4.79 Å². The van der Waals surface area contributed by atoms with E-state index in [2.05, 4.69) is 9.98 Å². The molecule has 0 radical (unpaired) electrons. The van der Waals surface area contributed by atoms with Crippen molar-refractivity contribution in [1.29, 1.82) is 0 Å². The number of amidine groups is 2. The molecular formula is C16H14F3N3O3S. The topological polar surface area (TPSA) is 63.5 Å². The number of carbonyl (C=O) groups excluding carboxylic acids is 1. The van der Waals surface area contributed by atoms with E-state index in [9.17, 15) is 18.0 Å². The van der Waals surface area contributed by atoms with Gasteiger partial charge in [-0.2, -0.15) is 13.8 Å². The van der Waals surface area contributed by atoms with Gasteiger partial charge in [0.15, 0.2) is 22.5 Å². The lowest BCUT2D eigenvalue weighted by Crippen LogP contribution is -2.36. The number of hydrogen-bond donors (Lipinski definition) is 0. The van der Waals surface area contributed by atoms with Gasteiger partial charge in [0.05, 0.1) is 19.9 Å². The molecule has 2 heterocycles. The number of benzene rings is 1. The summed E-state index contributed by atoms with van der Waals surface area (Å²) in [5, 5.41) is 0.390. The molecule has 0 aromatic heterocycles. The highest BCUT2D eigenvalue weighted by molar-refractivity contribution is 8.13. The fourth-order valence-corrected chi connectivity index (χ4v) is 3.46. The molecule has 0 fully saturated rings. The van der Waals surface area contributed by atoms with Crippen LogP contribution in [0.1, 0.15) is 12.0 Å². The third kappa shape index (κ3) is 3.41. The maximum absolute atomic E-state index is 13.0. The van der Waals surface area contributed by atoms with Gasteiger partial charge in [-0.1, -0.05) is 11.8 Å². The molecule has 6 nitrogen and oxygen atoms in total. The Kier molecular flexibility index (Phi) is 5.21. The summed E-state index contributed by atoms with van der Waals surface area (Å²) in [6, 6.07) is 3.31. The zero-order chi connectivity index (χ0) is 18.8. The van der Waals surface area contributed by atoms with Crippen LogP contribution in [-0.4, -0.2) is 48.3 Å². The second-order valence-electron chi connectivity index (χ2n) is 5.30. The Balaban J connectivity index is 1.94. The van der Waals surface area contributed by atoms with Crippen molar-refractivity contribution in [1.82, 2.24) is 4.90 Å². The van der Waals surface area contributed by atoms with Gasteiger partial charge in [-0.05, 0) is 6.07 Å².